The van der Waals surface area contributed by atoms with Crippen molar-refractivity contribution in [3.8, 4) is 33.8 Å². The van der Waals surface area contributed by atoms with Crippen LogP contribution in [0.2, 0.25) is 0 Å². The maximum Gasteiger partial charge on any atom is 0.254 e. The second-order valence-corrected chi connectivity index (χ2v) is 24.6. The lowest BCUT2D eigenvalue weighted by atomic mass is 9.93. The van der Waals surface area contributed by atoms with Crippen LogP contribution in [0.1, 0.15) is 172 Å². The number of nitrogens with zero attached hydrogens (tertiary/aromatic N) is 6. The zero-order valence-corrected chi connectivity index (χ0v) is 54.6. The maximum atomic E-state index is 13.5. The fourth-order valence-electron chi connectivity index (χ4n) is 12.4. The number of ether oxygens (including phenoxy) is 1. The molecule has 9 aromatic rings. The molecule has 22 nitrogen and oxygen atoms in total. The van der Waals surface area contributed by atoms with Crippen LogP contribution in [-0.2, 0) is 24.4 Å². The van der Waals surface area contributed by atoms with E-state index in [-0.39, 0.29) is 59.2 Å². The first-order valence-corrected chi connectivity index (χ1v) is 32.2. The normalized spacial score (nSPS) is 15.2. The van der Waals surface area contributed by atoms with Gasteiger partial charge in [0.15, 0.2) is 0 Å². The number of hydrogen-bond acceptors (Lipinski definition) is 13. The molecule has 1 saturated heterocycles. The van der Waals surface area contributed by atoms with Gasteiger partial charge in [-0.2, -0.15) is 15.3 Å². The summed E-state index contributed by atoms with van der Waals surface area (Å²) in [6.07, 6.45) is 8.21. The van der Waals surface area contributed by atoms with E-state index < -0.39 is 23.5 Å². The smallest absolute Gasteiger partial charge is 0.254 e. The molecule has 498 valence electrons. The molecule has 3 aromatic heterocycles. The van der Waals surface area contributed by atoms with Crippen LogP contribution in [0, 0.1) is 32.5 Å². The fraction of sp³-hybridized carbons (Fsp3) is 0.301. The molecule has 6 amide bonds. The summed E-state index contributed by atoms with van der Waals surface area (Å²) in [5, 5.41) is 25.9. The highest BCUT2D eigenvalue weighted by atomic mass is 19.1. The summed E-state index contributed by atoms with van der Waals surface area (Å²) in [6.45, 7) is 9.97. The summed E-state index contributed by atoms with van der Waals surface area (Å²) in [5.74, 6) is -1.26. The quantitative estimate of drug-likeness (QED) is 0.0364. The molecule has 3 aliphatic rings. The highest BCUT2D eigenvalue weighted by Gasteiger charge is 2.33. The third-order valence-corrected chi connectivity index (χ3v) is 18.0. The van der Waals surface area contributed by atoms with Gasteiger partial charge in [0, 0.05) is 72.6 Å². The van der Waals surface area contributed by atoms with E-state index in [0.717, 1.165) is 95.9 Å². The number of aryl methyl sites for hydroxylation is 3. The fourth-order valence-corrected chi connectivity index (χ4v) is 12.4. The van der Waals surface area contributed by atoms with Crippen molar-refractivity contribution in [3.63, 3.8) is 0 Å². The van der Waals surface area contributed by atoms with Gasteiger partial charge in [-0.3, -0.25) is 28.8 Å². The number of nitrogens with two attached hydrogens (primary N) is 5. The van der Waals surface area contributed by atoms with Gasteiger partial charge in [0.05, 0.1) is 24.7 Å². The van der Waals surface area contributed by atoms with Crippen LogP contribution in [0.4, 0.5) is 21.8 Å². The van der Waals surface area contributed by atoms with Crippen LogP contribution in [0.25, 0.3) is 33.8 Å². The molecule has 1 aliphatic heterocycles. The first kappa shape index (κ1) is 67.9. The summed E-state index contributed by atoms with van der Waals surface area (Å²) in [5.41, 5.74) is 41.1. The number of amides is 6. The number of benzene rings is 6. The van der Waals surface area contributed by atoms with Crippen molar-refractivity contribution < 1.29 is 37.9 Å². The van der Waals surface area contributed by atoms with Crippen molar-refractivity contribution >= 4 is 52.9 Å². The molecule has 14 N–H and O–H groups in total. The van der Waals surface area contributed by atoms with Gasteiger partial charge in [-0.05, 0) is 117 Å². The van der Waals surface area contributed by atoms with Crippen molar-refractivity contribution in [1.29, 1.82) is 0 Å². The predicted octanol–water partition coefficient (Wildman–Crippen LogP) is 10.4. The minimum atomic E-state index is -0.608. The Kier molecular flexibility index (Phi) is 21.5. The molecule has 2 aliphatic carbocycles. The topological polar surface area (TPSA) is 343 Å². The molecule has 3 fully saturated rings. The van der Waals surface area contributed by atoms with Crippen LogP contribution < -0.4 is 49.9 Å². The largest absolute Gasteiger partial charge is 0.383 e. The summed E-state index contributed by atoms with van der Waals surface area (Å²) in [7, 11) is 1.78. The molecule has 0 spiro atoms. The number of hydrogen-bond donors (Lipinski definition) is 9. The molecule has 23 heteroatoms. The van der Waals surface area contributed by atoms with Gasteiger partial charge >= 0.3 is 0 Å². The molecule has 0 radical (unpaired) electrons. The minimum Gasteiger partial charge on any atom is -0.383 e. The van der Waals surface area contributed by atoms with E-state index in [2.05, 4.69) is 33.3 Å². The molecule has 2 unspecified atom stereocenters. The Balaban J connectivity index is 0.000000157. The van der Waals surface area contributed by atoms with E-state index in [4.69, 9.17) is 43.6 Å². The molecule has 6 aromatic carbocycles. The van der Waals surface area contributed by atoms with Crippen LogP contribution in [0.15, 0.2) is 140 Å². The van der Waals surface area contributed by atoms with Gasteiger partial charge in [-0.15, -0.1) is 0 Å². The van der Waals surface area contributed by atoms with E-state index in [0.29, 0.717) is 88.9 Å². The van der Waals surface area contributed by atoms with Crippen molar-refractivity contribution in [1.82, 2.24) is 45.3 Å². The van der Waals surface area contributed by atoms with E-state index in [1.165, 1.54) is 12.1 Å². The molecule has 4 heterocycles. The third kappa shape index (κ3) is 15.3. The summed E-state index contributed by atoms with van der Waals surface area (Å²) >= 11 is 0. The van der Waals surface area contributed by atoms with E-state index in [9.17, 15) is 33.2 Å². The number of carbonyl (C=O) groups is 6. The number of primary amides is 3. The predicted molar refractivity (Wildman–Crippen MR) is 368 cm³/mol. The van der Waals surface area contributed by atoms with Crippen LogP contribution in [0.3, 0.4) is 0 Å². The van der Waals surface area contributed by atoms with Crippen molar-refractivity contribution in [2.75, 3.05) is 37.0 Å². The summed E-state index contributed by atoms with van der Waals surface area (Å²) in [6, 6.07) is 42.1. The highest BCUT2D eigenvalue weighted by molar-refractivity contribution is 6.05. The van der Waals surface area contributed by atoms with Crippen LogP contribution in [0.5, 0.6) is 0 Å². The van der Waals surface area contributed by atoms with Crippen LogP contribution >= 0.6 is 0 Å². The van der Waals surface area contributed by atoms with Gasteiger partial charge in [0.2, 0.25) is 0 Å². The monoisotopic (exact) mass is 1300 g/mol. The third-order valence-electron chi connectivity index (χ3n) is 18.0. The van der Waals surface area contributed by atoms with Gasteiger partial charge in [-0.1, -0.05) is 135 Å². The average molecular weight is 1300 g/mol. The first-order valence-electron chi connectivity index (χ1n) is 32.2. The summed E-state index contributed by atoms with van der Waals surface area (Å²) < 4.78 is 24.3. The van der Waals surface area contributed by atoms with Gasteiger partial charge in [-0.25, -0.2) is 18.4 Å². The second-order valence-electron chi connectivity index (χ2n) is 24.6. The van der Waals surface area contributed by atoms with Crippen LogP contribution in [-0.4, -0.2) is 85.0 Å². The number of carbonyl (C=O) groups excluding carboxylic acids is 6. The maximum absolute atomic E-state index is 13.5. The molecule has 2 atom stereocenters. The number of aromatic nitrogens is 6. The molecular formula is C73H82FN15O7. The lowest BCUT2D eigenvalue weighted by Gasteiger charge is -2.29. The zero-order valence-electron chi connectivity index (χ0n) is 54.6. The molecule has 96 heavy (non-hydrogen) atoms. The minimum absolute atomic E-state index is 0.0431. The van der Waals surface area contributed by atoms with E-state index in [1.54, 1.807) is 35.5 Å². The molecule has 12 rings (SSSR count). The Morgan fingerprint density at radius 2 is 0.896 bits per heavy atom. The highest BCUT2D eigenvalue weighted by Crippen LogP contribution is 2.40. The van der Waals surface area contributed by atoms with Gasteiger partial charge < -0.3 is 54.7 Å². The van der Waals surface area contributed by atoms with Gasteiger partial charge in [0.25, 0.3) is 35.4 Å². The average Bonchev–Trinajstić information content (AvgIpc) is 1.64. The number of anilines is 3. The second kappa shape index (κ2) is 30.4. The number of nitrogen functional groups attached to an aromatic ring is 2. The Bertz CT molecular complexity index is 4320. The first-order chi connectivity index (χ1) is 46.2. The zero-order chi connectivity index (χ0) is 68.3. The number of halogens is 1. The van der Waals surface area contributed by atoms with Crippen molar-refractivity contribution in [2.45, 2.75) is 117 Å². The Hall–Kier alpha value is -10.9. The van der Waals surface area contributed by atoms with Gasteiger partial charge in [0.1, 0.15) is 57.0 Å². The Labute approximate surface area is 556 Å². The van der Waals surface area contributed by atoms with Crippen molar-refractivity contribution in [2.24, 2.45) is 23.1 Å². The number of nitrogens with one attached hydrogen (secondary N) is 4. The van der Waals surface area contributed by atoms with Crippen molar-refractivity contribution in [3.05, 3.63) is 212 Å². The Morgan fingerprint density at radius 1 is 0.500 bits per heavy atom. The van der Waals surface area contributed by atoms with E-state index in [1.807, 2.05) is 134 Å². The SMILES string of the molecule is CNc1c(C(N)=O)c(-c2ccc(CNC(=O)c3ccccc3C)cc2)nn1C1CCC1.Cc1ccc(F)cc1C(=O)NCc1ccc(-c2nn(C3CCCC3)c(N)c2C(N)=O)cc1.Cc1ccccc1C(=O)NCc1ccc(-c2nn(C3CCOCC3C)c(N)c2C(N)=O)cc1. The van der Waals surface area contributed by atoms with E-state index >= 15 is 0 Å². The molecule has 2 saturated carbocycles. The standard InChI is InChI=1S/C25H29N5O3.C24H26FN5O2.C24H27N5O2/c1-15-5-3-4-6-19(15)25(32)28-13-17-7-9-18(10-8-17)22-21(24(27)31)23(26)30(29-22)20-11-12-33-14-16(20)2;1-14-6-11-17(25)12-19(14)24(32)28-13-15-7-9-16(10-8-15)21-20(23(27)31)22(26)30(29-21)18-4-2-3-5-18;1-15-6-3-4-9-19(15)24(31)27-14-16-10-12-17(13-11-16)21-20(22(25)30)23(26-2)29(28-21)18-7-5-8-18/h3-10,16,20H,11-14,26H2,1-2H3,(H2,27,31)(H,28,32);6-12,18H,2-5,13,26H2,1H3,(H2,27,31)(H,28,32);3-4,6,9-13,18,26H,5,7-8,14H2,1-2H3,(H2,25,30)(H,27,31). The Morgan fingerprint density at radius 3 is 1.32 bits per heavy atom. The molecular weight excluding hydrogens is 1220 g/mol. The molecule has 0 bridgehead atoms. The lowest BCUT2D eigenvalue weighted by molar-refractivity contribution is 0.0258. The lowest BCUT2D eigenvalue weighted by Crippen LogP contribution is -2.29. The summed E-state index contributed by atoms with van der Waals surface area (Å²) in [4.78, 5) is 73.8. The number of rotatable bonds is 19.